The highest BCUT2D eigenvalue weighted by atomic mass is 79.9. The third-order valence-corrected chi connectivity index (χ3v) is 4.36. The first-order chi connectivity index (χ1) is 9.15. The van der Waals surface area contributed by atoms with Gasteiger partial charge in [-0.2, -0.15) is 0 Å². The van der Waals surface area contributed by atoms with Crippen molar-refractivity contribution in [2.24, 2.45) is 0 Å². The summed E-state index contributed by atoms with van der Waals surface area (Å²) >= 11 is 4.91. The summed E-state index contributed by atoms with van der Waals surface area (Å²) in [5.41, 5.74) is 1.43. The molecule has 0 bridgehead atoms. The Balaban J connectivity index is 1.95. The quantitative estimate of drug-likeness (QED) is 0.744. The molecule has 0 aliphatic heterocycles. The summed E-state index contributed by atoms with van der Waals surface area (Å²) in [6.07, 6.45) is 1.74. The number of aryl methyl sites for hydroxylation is 1. The maximum absolute atomic E-state index is 12.2. The molecule has 1 aromatic carbocycles. The molecule has 3 rings (SSSR count). The molecule has 19 heavy (non-hydrogen) atoms. The van der Waals surface area contributed by atoms with Crippen LogP contribution in [0.3, 0.4) is 0 Å². The van der Waals surface area contributed by atoms with Crippen molar-refractivity contribution in [3.63, 3.8) is 0 Å². The first kappa shape index (κ1) is 12.4. The molecule has 96 valence electrons. The largest absolute Gasteiger partial charge is 0.350 e. The van der Waals surface area contributed by atoms with Crippen LogP contribution in [0.5, 0.6) is 0 Å². The molecule has 0 radical (unpaired) electrons. The highest BCUT2D eigenvalue weighted by molar-refractivity contribution is 9.10. The number of fused-ring (bicyclic) bond motifs is 1. The monoisotopic (exact) mass is 335 g/mol. The van der Waals surface area contributed by atoms with E-state index in [1.54, 1.807) is 6.20 Å². The molecule has 1 amide bonds. The van der Waals surface area contributed by atoms with Crippen molar-refractivity contribution in [2.75, 3.05) is 5.32 Å². The van der Waals surface area contributed by atoms with Gasteiger partial charge >= 0.3 is 0 Å². The first-order valence-electron chi connectivity index (χ1n) is 5.65. The van der Waals surface area contributed by atoms with Gasteiger partial charge in [-0.15, -0.1) is 11.3 Å². The summed E-state index contributed by atoms with van der Waals surface area (Å²) in [6.45, 7) is 1.95. The zero-order valence-corrected chi connectivity index (χ0v) is 12.4. The van der Waals surface area contributed by atoms with Gasteiger partial charge in [0.05, 0.1) is 4.47 Å². The summed E-state index contributed by atoms with van der Waals surface area (Å²) in [5.74, 6) is -0.197. The van der Waals surface area contributed by atoms with Gasteiger partial charge < -0.3 is 4.98 Å². The van der Waals surface area contributed by atoms with E-state index in [1.165, 1.54) is 11.3 Å². The summed E-state index contributed by atoms with van der Waals surface area (Å²) in [7, 11) is 0. The Morgan fingerprint density at radius 3 is 2.89 bits per heavy atom. The van der Waals surface area contributed by atoms with Crippen molar-refractivity contribution >= 4 is 49.2 Å². The summed E-state index contributed by atoms with van der Waals surface area (Å²) in [4.78, 5) is 20.5. The maximum Gasteiger partial charge on any atom is 0.275 e. The molecule has 2 heterocycles. The summed E-state index contributed by atoms with van der Waals surface area (Å²) in [6, 6.07) is 7.76. The SMILES string of the molecule is Cc1cnc(NC(=O)c2[nH]c3ccccc3c2Br)s1. The van der Waals surface area contributed by atoms with Crippen molar-refractivity contribution in [1.82, 2.24) is 9.97 Å². The van der Waals surface area contributed by atoms with Crippen molar-refractivity contribution in [1.29, 1.82) is 0 Å². The third kappa shape index (κ3) is 2.29. The van der Waals surface area contributed by atoms with Crippen LogP contribution in [0.15, 0.2) is 34.9 Å². The predicted molar refractivity (Wildman–Crippen MR) is 80.8 cm³/mol. The highest BCUT2D eigenvalue weighted by Crippen LogP contribution is 2.28. The van der Waals surface area contributed by atoms with E-state index >= 15 is 0 Å². The van der Waals surface area contributed by atoms with Crippen LogP contribution in [0, 0.1) is 6.92 Å². The molecule has 0 spiro atoms. The third-order valence-electron chi connectivity index (χ3n) is 2.71. The van der Waals surface area contributed by atoms with Gasteiger partial charge in [-0.25, -0.2) is 4.98 Å². The van der Waals surface area contributed by atoms with Crippen molar-refractivity contribution in [3.8, 4) is 0 Å². The average molecular weight is 336 g/mol. The van der Waals surface area contributed by atoms with E-state index in [-0.39, 0.29) is 5.91 Å². The van der Waals surface area contributed by atoms with Gasteiger partial charge in [0.1, 0.15) is 5.69 Å². The van der Waals surface area contributed by atoms with Crippen LogP contribution in [-0.4, -0.2) is 15.9 Å². The number of amides is 1. The number of carbonyl (C=O) groups is 1. The molecule has 0 fully saturated rings. The van der Waals surface area contributed by atoms with Gasteiger partial charge in [0.25, 0.3) is 5.91 Å². The molecular formula is C13H10BrN3OS. The van der Waals surface area contributed by atoms with Crippen molar-refractivity contribution < 1.29 is 4.79 Å². The maximum atomic E-state index is 12.2. The first-order valence-corrected chi connectivity index (χ1v) is 7.26. The van der Waals surface area contributed by atoms with E-state index in [0.29, 0.717) is 10.8 Å². The predicted octanol–water partition coefficient (Wildman–Crippen LogP) is 3.95. The number of carbonyl (C=O) groups excluding carboxylic acids is 1. The lowest BCUT2D eigenvalue weighted by atomic mass is 10.2. The number of halogens is 1. The van der Waals surface area contributed by atoms with Gasteiger partial charge in [-0.05, 0) is 28.9 Å². The normalized spacial score (nSPS) is 10.8. The lowest BCUT2D eigenvalue weighted by molar-refractivity contribution is 0.102. The van der Waals surface area contributed by atoms with Crippen LogP contribution < -0.4 is 5.32 Å². The lowest BCUT2D eigenvalue weighted by Gasteiger charge is -1.99. The zero-order chi connectivity index (χ0) is 13.4. The molecule has 0 saturated carbocycles. The molecule has 0 aliphatic carbocycles. The van der Waals surface area contributed by atoms with Gasteiger partial charge in [0.15, 0.2) is 5.13 Å². The van der Waals surface area contributed by atoms with Crippen LogP contribution in [0.1, 0.15) is 15.4 Å². The molecule has 2 aromatic heterocycles. The fourth-order valence-electron chi connectivity index (χ4n) is 1.84. The Morgan fingerprint density at radius 1 is 1.42 bits per heavy atom. The van der Waals surface area contributed by atoms with Crippen LogP contribution >= 0.6 is 27.3 Å². The number of nitrogens with one attached hydrogen (secondary N) is 2. The number of para-hydroxylation sites is 1. The number of rotatable bonds is 2. The van der Waals surface area contributed by atoms with Gasteiger partial charge in [-0.1, -0.05) is 18.2 Å². The molecule has 0 saturated heterocycles. The zero-order valence-electron chi connectivity index (χ0n) is 10.0. The van der Waals surface area contributed by atoms with Crippen molar-refractivity contribution in [2.45, 2.75) is 6.92 Å². The van der Waals surface area contributed by atoms with Gasteiger partial charge in [-0.3, -0.25) is 10.1 Å². The fraction of sp³-hybridized carbons (Fsp3) is 0.0769. The van der Waals surface area contributed by atoms with E-state index in [2.05, 4.69) is 31.2 Å². The van der Waals surface area contributed by atoms with Crippen molar-refractivity contribution in [3.05, 3.63) is 45.5 Å². The Hall–Kier alpha value is -1.66. The topological polar surface area (TPSA) is 57.8 Å². The molecule has 2 N–H and O–H groups in total. The lowest BCUT2D eigenvalue weighted by Crippen LogP contribution is -2.12. The Morgan fingerprint density at radius 2 is 2.21 bits per heavy atom. The molecule has 3 aromatic rings. The number of anilines is 1. The second-order valence-electron chi connectivity index (χ2n) is 4.09. The standard InChI is InChI=1S/C13H10BrN3OS/c1-7-6-15-13(19-7)17-12(18)11-10(14)8-4-2-3-5-9(8)16-11/h2-6,16H,1H3,(H,15,17,18). The van der Waals surface area contributed by atoms with E-state index in [1.807, 2.05) is 31.2 Å². The van der Waals surface area contributed by atoms with Crippen LogP contribution in [0.25, 0.3) is 10.9 Å². The number of aromatic amines is 1. The van der Waals surface area contributed by atoms with Crippen LogP contribution in [0.2, 0.25) is 0 Å². The number of nitrogens with zero attached hydrogens (tertiary/aromatic N) is 1. The highest BCUT2D eigenvalue weighted by Gasteiger charge is 2.16. The second-order valence-corrected chi connectivity index (χ2v) is 6.12. The van der Waals surface area contributed by atoms with E-state index in [0.717, 1.165) is 20.3 Å². The molecule has 0 unspecified atom stereocenters. The number of aromatic nitrogens is 2. The number of hydrogen-bond acceptors (Lipinski definition) is 3. The van der Waals surface area contributed by atoms with E-state index in [4.69, 9.17) is 0 Å². The minimum Gasteiger partial charge on any atom is -0.350 e. The number of H-pyrrole nitrogens is 1. The van der Waals surface area contributed by atoms with Crippen LogP contribution in [-0.2, 0) is 0 Å². The van der Waals surface area contributed by atoms with E-state index < -0.39 is 0 Å². The fourth-order valence-corrected chi connectivity index (χ4v) is 3.12. The Bertz CT molecular complexity index is 762. The minimum absolute atomic E-state index is 0.197. The van der Waals surface area contributed by atoms with Gasteiger partial charge in [0, 0.05) is 22.0 Å². The average Bonchev–Trinajstić information content (AvgIpc) is 2.94. The number of hydrogen-bond donors (Lipinski definition) is 2. The van der Waals surface area contributed by atoms with Gasteiger partial charge in [0.2, 0.25) is 0 Å². The molecule has 0 atom stereocenters. The Kier molecular flexibility index (Phi) is 3.12. The van der Waals surface area contributed by atoms with Crippen LogP contribution in [0.4, 0.5) is 5.13 Å². The number of thiazole rings is 1. The summed E-state index contributed by atoms with van der Waals surface area (Å²) in [5, 5.41) is 4.38. The molecule has 0 aliphatic rings. The minimum atomic E-state index is -0.197. The van der Waals surface area contributed by atoms with E-state index in [9.17, 15) is 4.79 Å². The number of benzene rings is 1. The molecule has 4 nitrogen and oxygen atoms in total. The second kappa shape index (κ2) is 4.79. The molecule has 6 heteroatoms. The molecular weight excluding hydrogens is 326 g/mol. The smallest absolute Gasteiger partial charge is 0.275 e. The summed E-state index contributed by atoms with van der Waals surface area (Å²) < 4.78 is 0.772. The Labute approximate surface area is 122 Å².